The largest absolute Gasteiger partial charge is 0.377 e. The summed E-state index contributed by atoms with van der Waals surface area (Å²) in [7, 11) is -2.45. The van der Waals surface area contributed by atoms with Crippen molar-refractivity contribution in [3.63, 3.8) is 0 Å². The van der Waals surface area contributed by atoms with Gasteiger partial charge in [0.25, 0.3) is 21.9 Å². The molecule has 44 heavy (non-hydrogen) atoms. The summed E-state index contributed by atoms with van der Waals surface area (Å²) in [4.78, 5) is 33.7. The van der Waals surface area contributed by atoms with Gasteiger partial charge in [-0.25, -0.2) is 4.98 Å². The number of nitrogens with zero attached hydrogens (tertiary/aromatic N) is 1. The number of methoxy groups -OCH3 is 1. The van der Waals surface area contributed by atoms with E-state index in [1.54, 1.807) is 55.6 Å². The molecule has 0 unspecified atom stereocenters. The number of halogens is 1. The molecule has 1 aromatic heterocycles. The molecule has 4 N–H and O–H groups in total. The van der Waals surface area contributed by atoms with E-state index in [1.807, 2.05) is 39.0 Å². The molecule has 0 saturated carbocycles. The highest BCUT2D eigenvalue weighted by molar-refractivity contribution is 7.85. The zero-order valence-corrected chi connectivity index (χ0v) is 26.0. The average molecular weight is 635 g/mol. The van der Waals surface area contributed by atoms with Crippen LogP contribution in [0.1, 0.15) is 43.2 Å². The van der Waals surface area contributed by atoms with Crippen molar-refractivity contribution in [1.29, 1.82) is 0 Å². The number of aromatic nitrogens is 2. The summed E-state index contributed by atoms with van der Waals surface area (Å²) in [6, 6.07) is 22.0. The number of aryl methyl sites for hydroxylation is 2. The third kappa shape index (κ3) is 7.88. The molecular weight excluding hydrogens is 604 g/mol. The van der Waals surface area contributed by atoms with Gasteiger partial charge in [0.15, 0.2) is 0 Å². The maximum atomic E-state index is 13.3. The predicted molar refractivity (Wildman–Crippen MR) is 171 cm³/mol. The van der Waals surface area contributed by atoms with Gasteiger partial charge in [0.2, 0.25) is 0 Å². The first-order valence-electron chi connectivity index (χ1n) is 13.4. The van der Waals surface area contributed by atoms with Crippen molar-refractivity contribution in [3.05, 3.63) is 118 Å². The van der Waals surface area contributed by atoms with Gasteiger partial charge in [-0.15, -0.1) is 0 Å². The number of hydrogen-bond acceptors (Lipinski definition) is 6. The fourth-order valence-electron chi connectivity index (χ4n) is 4.29. The van der Waals surface area contributed by atoms with Crippen LogP contribution in [0.2, 0.25) is 5.02 Å². The number of fused-ring (bicyclic) bond motifs is 1. The standard InChI is InChI=1S/C25H23ClN4O3.C7H8O3S/c1-14-7-4-5-8-17(14)24(31)27-16-11-18(23-21(12-16)28-22(30-23)13-33-3)25(32)29-20-10-6-9-19(26)15(20)2;1-6-2-4-7(5-3-6)11(8,9)10/h4-12H,13H2,1-3H3,(H,27,31)(H,28,30)(H,29,32);2-5H,1H3,(H,8,9,10). The van der Waals surface area contributed by atoms with Crippen LogP contribution < -0.4 is 10.6 Å². The second-order valence-corrected chi connectivity index (χ2v) is 11.8. The normalized spacial score (nSPS) is 11.0. The van der Waals surface area contributed by atoms with Gasteiger partial charge in [0.05, 0.1) is 16.0 Å². The minimum absolute atomic E-state index is 0.0666. The topological polar surface area (TPSA) is 150 Å². The van der Waals surface area contributed by atoms with Crippen LogP contribution >= 0.6 is 11.6 Å². The Hall–Kier alpha value is -4.55. The molecule has 228 valence electrons. The van der Waals surface area contributed by atoms with E-state index in [2.05, 4.69) is 20.6 Å². The Balaban J connectivity index is 0.000000339. The summed E-state index contributed by atoms with van der Waals surface area (Å²) in [6.07, 6.45) is 0. The third-order valence-corrected chi connectivity index (χ3v) is 7.92. The quantitative estimate of drug-likeness (QED) is 0.145. The van der Waals surface area contributed by atoms with E-state index in [0.717, 1.165) is 16.7 Å². The van der Waals surface area contributed by atoms with E-state index >= 15 is 0 Å². The Morgan fingerprint density at radius 1 is 0.909 bits per heavy atom. The van der Waals surface area contributed by atoms with Crippen LogP contribution in [0.5, 0.6) is 0 Å². The first kappa shape index (κ1) is 32.4. The molecule has 0 radical (unpaired) electrons. The molecule has 10 nitrogen and oxygen atoms in total. The molecular formula is C32H31ClN4O6S. The Kier molecular flexibility index (Phi) is 10.2. The molecule has 0 aliphatic rings. The van der Waals surface area contributed by atoms with Crippen LogP contribution in [0.4, 0.5) is 11.4 Å². The van der Waals surface area contributed by atoms with Crippen molar-refractivity contribution in [1.82, 2.24) is 9.97 Å². The molecule has 0 bridgehead atoms. The van der Waals surface area contributed by atoms with Crippen molar-refractivity contribution < 1.29 is 27.3 Å². The van der Waals surface area contributed by atoms with Gasteiger partial charge >= 0.3 is 0 Å². The number of benzene rings is 4. The number of imidazole rings is 1. The van der Waals surface area contributed by atoms with Gasteiger partial charge in [0.1, 0.15) is 17.9 Å². The van der Waals surface area contributed by atoms with Gasteiger partial charge in [-0.05, 0) is 74.4 Å². The van der Waals surface area contributed by atoms with Gasteiger partial charge in [-0.1, -0.05) is 53.6 Å². The van der Waals surface area contributed by atoms with E-state index in [0.29, 0.717) is 44.4 Å². The number of amides is 2. The number of H-pyrrole nitrogens is 1. The zero-order chi connectivity index (χ0) is 32.0. The van der Waals surface area contributed by atoms with E-state index in [1.165, 1.54) is 12.1 Å². The molecule has 4 aromatic carbocycles. The van der Waals surface area contributed by atoms with Crippen LogP contribution in [0.25, 0.3) is 11.0 Å². The smallest absolute Gasteiger partial charge is 0.294 e. The molecule has 0 spiro atoms. The van der Waals surface area contributed by atoms with Gasteiger partial charge in [0, 0.05) is 29.1 Å². The Bertz CT molecular complexity index is 1940. The Morgan fingerprint density at radius 3 is 2.25 bits per heavy atom. The van der Waals surface area contributed by atoms with Crippen molar-refractivity contribution >= 4 is 55.9 Å². The first-order valence-corrected chi connectivity index (χ1v) is 15.2. The lowest BCUT2D eigenvalue weighted by Gasteiger charge is -2.12. The summed E-state index contributed by atoms with van der Waals surface area (Å²) in [5.41, 5.74) is 5.60. The third-order valence-electron chi connectivity index (χ3n) is 6.64. The Morgan fingerprint density at radius 2 is 1.59 bits per heavy atom. The van der Waals surface area contributed by atoms with Crippen LogP contribution in [0.15, 0.2) is 83.8 Å². The van der Waals surface area contributed by atoms with E-state index in [-0.39, 0.29) is 23.3 Å². The lowest BCUT2D eigenvalue weighted by atomic mass is 10.1. The van der Waals surface area contributed by atoms with Crippen molar-refractivity contribution in [3.8, 4) is 0 Å². The molecule has 0 saturated heterocycles. The Labute approximate surface area is 260 Å². The van der Waals surface area contributed by atoms with Gasteiger partial charge < -0.3 is 20.4 Å². The highest BCUT2D eigenvalue weighted by Crippen LogP contribution is 2.27. The SMILES string of the molecule is COCc1nc2c(C(=O)Nc3cccc(Cl)c3C)cc(NC(=O)c3ccccc3C)cc2[nH]1.Cc1ccc(S(=O)(=O)O)cc1. The molecule has 0 atom stereocenters. The van der Waals surface area contributed by atoms with Gasteiger partial charge in [-0.2, -0.15) is 8.42 Å². The van der Waals surface area contributed by atoms with Crippen LogP contribution in [0, 0.1) is 20.8 Å². The summed E-state index contributed by atoms with van der Waals surface area (Å²) in [5, 5.41) is 6.35. The van der Waals surface area contributed by atoms with Crippen molar-refractivity contribution in [2.75, 3.05) is 17.7 Å². The second kappa shape index (κ2) is 13.8. The lowest BCUT2D eigenvalue weighted by molar-refractivity contribution is 0.101. The number of anilines is 2. The summed E-state index contributed by atoms with van der Waals surface area (Å²) >= 11 is 6.20. The fraction of sp³-hybridized carbons (Fsp3) is 0.156. The molecule has 5 aromatic rings. The summed E-state index contributed by atoms with van der Waals surface area (Å²) < 4.78 is 34.7. The predicted octanol–water partition coefficient (Wildman–Crippen LogP) is 6.73. The zero-order valence-electron chi connectivity index (χ0n) is 24.4. The summed E-state index contributed by atoms with van der Waals surface area (Å²) in [6.45, 7) is 5.80. The highest BCUT2D eigenvalue weighted by Gasteiger charge is 2.19. The van der Waals surface area contributed by atoms with Crippen LogP contribution in [-0.2, 0) is 21.5 Å². The minimum atomic E-state index is -4.02. The average Bonchev–Trinajstić information content (AvgIpc) is 3.38. The molecule has 0 aliphatic carbocycles. The molecule has 2 amide bonds. The van der Waals surface area contributed by atoms with Crippen molar-refractivity contribution in [2.45, 2.75) is 32.3 Å². The molecule has 1 heterocycles. The van der Waals surface area contributed by atoms with E-state index < -0.39 is 10.1 Å². The van der Waals surface area contributed by atoms with Crippen LogP contribution in [-0.4, -0.2) is 41.9 Å². The first-order chi connectivity index (χ1) is 20.9. The van der Waals surface area contributed by atoms with E-state index in [9.17, 15) is 18.0 Å². The minimum Gasteiger partial charge on any atom is -0.377 e. The second-order valence-electron chi connectivity index (χ2n) is 9.96. The molecule has 5 rings (SSSR count). The number of hydrogen-bond donors (Lipinski definition) is 4. The molecule has 12 heteroatoms. The number of carbonyl (C=O) groups excluding carboxylic acids is 2. The number of ether oxygens (including phenoxy) is 1. The number of aromatic amines is 1. The maximum Gasteiger partial charge on any atom is 0.294 e. The highest BCUT2D eigenvalue weighted by atomic mass is 35.5. The fourth-order valence-corrected chi connectivity index (χ4v) is 4.94. The summed E-state index contributed by atoms with van der Waals surface area (Å²) in [5.74, 6) is -0.0585. The maximum absolute atomic E-state index is 13.3. The van der Waals surface area contributed by atoms with Crippen LogP contribution in [0.3, 0.4) is 0 Å². The monoisotopic (exact) mass is 634 g/mol. The number of carbonyl (C=O) groups is 2. The molecule has 0 aliphatic heterocycles. The number of nitrogens with one attached hydrogen (secondary N) is 3. The lowest BCUT2D eigenvalue weighted by Crippen LogP contribution is -2.16. The van der Waals surface area contributed by atoms with E-state index in [4.69, 9.17) is 20.9 Å². The number of rotatable bonds is 7. The van der Waals surface area contributed by atoms with Crippen molar-refractivity contribution in [2.24, 2.45) is 0 Å². The van der Waals surface area contributed by atoms with Gasteiger partial charge in [-0.3, -0.25) is 14.1 Å². The molecule has 0 fully saturated rings.